The Labute approximate surface area is 367 Å². The highest BCUT2D eigenvalue weighted by Gasteiger charge is 2.18. The summed E-state index contributed by atoms with van der Waals surface area (Å²) in [6.45, 7) is 4.85. The number of allylic oxidation sites excluding steroid dienone is 3. The molecule has 0 aliphatic heterocycles. The number of amides is 1. The van der Waals surface area contributed by atoms with Crippen molar-refractivity contribution in [2.45, 2.75) is 289 Å². The van der Waals surface area contributed by atoms with Crippen LogP contribution in [0.25, 0.3) is 0 Å². The lowest BCUT2D eigenvalue weighted by Gasteiger charge is -2.20. The van der Waals surface area contributed by atoms with E-state index in [0.29, 0.717) is 19.4 Å². The molecule has 0 heterocycles. The molecule has 6 nitrogen and oxygen atoms in total. The third kappa shape index (κ3) is 45.7. The van der Waals surface area contributed by atoms with E-state index in [1.807, 2.05) is 6.08 Å². The maximum Gasteiger partial charge on any atom is 0.305 e. The van der Waals surface area contributed by atoms with Gasteiger partial charge in [0.15, 0.2) is 0 Å². The van der Waals surface area contributed by atoms with Gasteiger partial charge in [-0.15, -0.1) is 0 Å². The van der Waals surface area contributed by atoms with Crippen molar-refractivity contribution in [1.29, 1.82) is 0 Å². The maximum absolute atomic E-state index is 12.4. The molecule has 0 saturated carbocycles. The van der Waals surface area contributed by atoms with E-state index < -0.39 is 12.1 Å². The maximum atomic E-state index is 12.4. The third-order valence-electron chi connectivity index (χ3n) is 12.0. The van der Waals surface area contributed by atoms with E-state index in [2.05, 4.69) is 31.3 Å². The molecule has 0 saturated heterocycles. The van der Waals surface area contributed by atoms with Crippen LogP contribution in [0.1, 0.15) is 277 Å². The van der Waals surface area contributed by atoms with Gasteiger partial charge in [0, 0.05) is 12.8 Å². The number of hydrogen-bond acceptors (Lipinski definition) is 5. The number of carbonyl (C=O) groups excluding carboxylic acids is 2. The Morgan fingerprint density at radius 1 is 0.458 bits per heavy atom. The zero-order chi connectivity index (χ0) is 43.0. The molecule has 6 heteroatoms. The van der Waals surface area contributed by atoms with Gasteiger partial charge in [0.1, 0.15) is 0 Å². The molecule has 0 bridgehead atoms. The molecule has 0 spiro atoms. The fraction of sp³-hybridized carbons (Fsp3) is 0.887. The molecule has 348 valence electrons. The van der Waals surface area contributed by atoms with Gasteiger partial charge in [0.2, 0.25) is 5.91 Å². The highest BCUT2D eigenvalue weighted by atomic mass is 16.5. The van der Waals surface area contributed by atoms with Crippen LogP contribution in [-0.2, 0) is 14.3 Å². The Bertz CT molecular complexity index is 920. The average molecular weight is 832 g/mol. The van der Waals surface area contributed by atoms with Crippen LogP contribution >= 0.6 is 0 Å². The molecule has 0 aliphatic rings. The van der Waals surface area contributed by atoms with Gasteiger partial charge >= 0.3 is 5.97 Å². The second kappa shape index (κ2) is 49.0. The molecule has 2 atom stereocenters. The Hall–Kier alpha value is -1.66. The molecule has 0 aromatic heterocycles. The second-order valence-corrected chi connectivity index (χ2v) is 17.9. The predicted molar refractivity (Wildman–Crippen MR) is 255 cm³/mol. The SMILES string of the molecule is CCCCC/C=C\CCCCCCCC(=O)OCCCCCCCCCCCCCCCCCCCCCCC(=O)NC(CO)C(O)/C=C/CCCCCCCCCC. The van der Waals surface area contributed by atoms with Crippen molar-refractivity contribution in [3.63, 3.8) is 0 Å². The van der Waals surface area contributed by atoms with Crippen LogP contribution in [0.15, 0.2) is 24.3 Å². The van der Waals surface area contributed by atoms with Crippen LogP contribution in [0.5, 0.6) is 0 Å². The summed E-state index contributed by atoms with van der Waals surface area (Å²) in [5.41, 5.74) is 0. The number of aliphatic hydroxyl groups is 2. The van der Waals surface area contributed by atoms with Crippen molar-refractivity contribution >= 4 is 11.9 Å². The minimum absolute atomic E-state index is 0.000697. The zero-order valence-electron chi connectivity index (χ0n) is 39.5. The molecule has 2 unspecified atom stereocenters. The van der Waals surface area contributed by atoms with E-state index in [-0.39, 0.29) is 18.5 Å². The summed E-state index contributed by atoms with van der Waals surface area (Å²) < 4.78 is 5.45. The first-order chi connectivity index (χ1) is 29.0. The summed E-state index contributed by atoms with van der Waals surface area (Å²) in [4.78, 5) is 24.4. The van der Waals surface area contributed by atoms with Crippen molar-refractivity contribution in [1.82, 2.24) is 5.32 Å². The van der Waals surface area contributed by atoms with Crippen molar-refractivity contribution < 1.29 is 24.5 Å². The van der Waals surface area contributed by atoms with Gasteiger partial charge < -0.3 is 20.3 Å². The molecule has 0 fully saturated rings. The van der Waals surface area contributed by atoms with Crippen LogP contribution in [0.2, 0.25) is 0 Å². The standard InChI is InChI=1S/C53H101NO5/c1-3-5-7-9-11-13-15-27-31-35-39-43-47-53(58)59-48-44-40-36-32-28-25-23-21-19-17-16-18-20-22-24-26-30-34-38-42-46-52(57)54-50(49-55)51(56)45-41-37-33-29-14-12-10-8-6-4-2/h11,13,41,45,50-51,55-56H,3-10,12,14-40,42-44,46-49H2,1-2H3,(H,54,57)/b13-11-,45-41+. The van der Waals surface area contributed by atoms with Crippen LogP contribution in [0.4, 0.5) is 0 Å². The first kappa shape index (κ1) is 57.3. The van der Waals surface area contributed by atoms with Crippen molar-refractivity contribution in [3.8, 4) is 0 Å². The number of rotatable bonds is 48. The normalized spacial score (nSPS) is 12.8. The molecule has 0 aliphatic carbocycles. The fourth-order valence-corrected chi connectivity index (χ4v) is 7.92. The number of hydrogen-bond donors (Lipinski definition) is 3. The fourth-order valence-electron chi connectivity index (χ4n) is 7.92. The topological polar surface area (TPSA) is 95.9 Å². The quantitative estimate of drug-likeness (QED) is 0.0322. The Kier molecular flexibility index (Phi) is 47.6. The number of unbranched alkanes of at least 4 members (excludes halogenated alkanes) is 35. The number of carbonyl (C=O) groups is 2. The highest BCUT2D eigenvalue weighted by molar-refractivity contribution is 5.76. The van der Waals surface area contributed by atoms with Crippen LogP contribution < -0.4 is 5.32 Å². The largest absolute Gasteiger partial charge is 0.466 e. The molecular weight excluding hydrogens is 731 g/mol. The van der Waals surface area contributed by atoms with Crippen LogP contribution in [0, 0.1) is 0 Å². The molecule has 0 rings (SSSR count). The number of ether oxygens (including phenoxy) is 1. The minimum Gasteiger partial charge on any atom is -0.466 e. The Morgan fingerprint density at radius 3 is 1.24 bits per heavy atom. The summed E-state index contributed by atoms with van der Waals surface area (Å²) >= 11 is 0. The smallest absolute Gasteiger partial charge is 0.305 e. The third-order valence-corrected chi connectivity index (χ3v) is 12.0. The highest BCUT2D eigenvalue weighted by Crippen LogP contribution is 2.16. The first-order valence-electron chi connectivity index (χ1n) is 26.1. The molecule has 1 amide bonds. The lowest BCUT2D eigenvalue weighted by molar-refractivity contribution is -0.143. The van der Waals surface area contributed by atoms with Gasteiger partial charge in [-0.05, 0) is 57.8 Å². The summed E-state index contributed by atoms with van der Waals surface area (Å²) in [6, 6.07) is -0.627. The van der Waals surface area contributed by atoms with Gasteiger partial charge in [-0.3, -0.25) is 9.59 Å². The van der Waals surface area contributed by atoms with Gasteiger partial charge in [-0.1, -0.05) is 231 Å². The number of aliphatic hydroxyl groups excluding tert-OH is 2. The predicted octanol–water partition coefficient (Wildman–Crippen LogP) is 15.5. The van der Waals surface area contributed by atoms with E-state index in [9.17, 15) is 19.8 Å². The van der Waals surface area contributed by atoms with Crippen molar-refractivity contribution in [3.05, 3.63) is 24.3 Å². The summed E-state index contributed by atoms with van der Waals surface area (Å²) in [5.74, 6) is -0.0727. The molecular formula is C53H101NO5. The van der Waals surface area contributed by atoms with E-state index in [0.717, 1.165) is 44.9 Å². The van der Waals surface area contributed by atoms with Gasteiger partial charge in [-0.25, -0.2) is 0 Å². The molecule has 59 heavy (non-hydrogen) atoms. The summed E-state index contributed by atoms with van der Waals surface area (Å²) in [7, 11) is 0. The minimum atomic E-state index is -0.843. The monoisotopic (exact) mass is 832 g/mol. The first-order valence-corrected chi connectivity index (χ1v) is 26.1. The Morgan fingerprint density at radius 2 is 0.797 bits per heavy atom. The summed E-state index contributed by atoms with van der Waals surface area (Å²) in [6.07, 6.45) is 57.6. The molecule has 0 aromatic rings. The van der Waals surface area contributed by atoms with E-state index in [1.165, 1.54) is 205 Å². The van der Waals surface area contributed by atoms with E-state index in [1.54, 1.807) is 6.08 Å². The Balaban J connectivity index is 3.40. The molecule has 3 N–H and O–H groups in total. The van der Waals surface area contributed by atoms with Crippen LogP contribution in [0.3, 0.4) is 0 Å². The van der Waals surface area contributed by atoms with Gasteiger partial charge in [-0.2, -0.15) is 0 Å². The average Bonchev–Trinajstić information content (AvgIpc) is 3.24. The number of nitrogens with one attached hydrogen (secondary N) is 1. The zero-order valence-corrected chi connectivity index (χ0v) is 39.5. The van der Waals surface area contributed by atoms with Gasteiger partial charge in [0.25, 0.3) is 0 Å². The lowest BCUT2D eigenvalue weighted by atomic mass is 10.0. The summed E-state index contributed by atoms with van der Waals surface area (Å²) in [5, 5.41) is 22.9. The van der Waals surface area contributed by atoms with Crippen LogP contribution in [-0.4, -0.2) is 47.4 Å². The van der Waals surface area contributed by atoms with Gasteiger partial charge in [0.05, 0.1) is 25.4 Å². The van der Waals surface area contributed by atoms with E-state index in [4.69, 9.17) is 4.74 Å². The second-order valence-electron chi connectivity index (χ2n) is 17.9. The van der Waals surface area contributed by atoms with Crippen molar-refractivity contribution in [2.24, 2.45) is 0 Å². The van der Waals surface area contributed by atoms with E-state index >= 15 is 0 Å². The number of esters is 1. The molecule has 0 aromatic carbocycles. The lowest BCUT2D eigenvalue weighted by Crippen LogP contribution is -2.45. The van der Waals surface area contributed by atoms with Crippen molar-refractivity contribution in [2.75, 3.05) is 13.2 Å². The molecule has 0 radical (unpaired) electrons.